The summed E-state index contributed by atoms with van der Waals surface area (Å²) in [5.74, 6) is 1.69. The lowest BCUT2D eigenvalue weighted by molar-refractivity contribution is 0.765. The Kier molecular flexibility index (Phi) is 3.23. The fourth-order valence-electron chi connectivity index (χ4n) is 1.90. The number of hydrogen-bond donors (Lipinski definition) is 3. The van der Waals surface area contributed by atoms with Crippen LogP contribution in [0, 0.1) is 0 Å². The molecule has 0 fully saturated rings. The zero-order valence-electron chi connectivity index (χ0n) is 10.9. The Balaban J connectivity index is 1.68. The van der Waals surface area contributed by atoms with Gasteiger partial charge in [-0.1, -0.05) is 11.8 Å². The monoisotopic (exact) mass is 290 g/mol. The Bertz CT molecular complexity index is 802. The number of aromatic nitrogens is 5. The molecule has 104 valence electrons. The first kappa shape index (κ1) is 12.8. The molecule has 0 saturated heterocycles. The molecule has 2 heterocycles. The Labute approximate surface area is 118 Å². The third-order valence-electron chi connectivity index (χ3n) is 2.96. The van der Waals surface area contributed by atoms with Crippen molar-refractivity contribution in [2.75, 3.05) is 11.5 Å². The third kappa shape index (κ3) is 2.42. The van der Waals surface area contributed by atoms with Crippen molar-refractivity contribution in [3.63, 3.8) is 0 Å². The lowest BCUT2D eigenvalue weighted by Gasteiger charge is -1.97. The van der Waals surface area contributed by atoms with Gasteiger partial charge in [-0.05, 0) is 18.2 Å². The SMILES string of the molecule is Cn1c(SCCc2nc3ccc(N)cc3[nH]2)n[nH]c1=O. The van der Waals surface area contributed by atoms with E-state index in [0.717, 1.165) is 29.0 Å². The number of nitrogens with one attached hydrogen (secondary N) is 2. The molecule has 2 aromatic heterocycles. The Morgan fingerprint density at radius 3 is 3.05 bits per heavy atom. The summed E-state index contributed by atoms with van der Waals surface area (Å²) < 4.78 is 1.49. The highest BCUT2D eigenvalue weighted by Gasteiger charge is 2.07. The number of nitrogens with zero attached hydrogens (tertiary/aromatic N) is 3. The van der Waals surface area contributed by atoms with Crippen LogP contribution in [0.5, 0.6) is 0 Å². The first-order chi connectivity index (χ1) is 9.63. The number of aryl methyl sites for hydroxylation is 1. The van der Waals surface area contributed by atoms with Crippen LogP contribution in [0.1, 0.15) is 5.82 Å². The molecule has 3 rings (SSSR count). The van der Waals surface area contributed by atoms with Crippen LogP contribution >= 0.6 is 11.8 Å². The highest BCUT2D eigenvalue weighted by atomic mass is 32.2. The third-order valence-corrected chi connectivity index (χ3v) is 4.00. The molecule has 8 heteroatoms. The van der Waals surface area contributed by atoms with Crippen molar-refractivity contribution in [1.29, 1.82) is 0 Å². The number of benzene rings is 1. The molecule has 0 radical (unpaired) electrons. The van der Waals surface area contributed by atoms with Crippen molar-refractivity contribution >= 4 is 28.5 Å². The number of imidazole rings is 1. The summed E-state index contributed by atoms with van der Waals surface area (Å²) in [6.45, 7) is 0. The van der Waals surface area contributed by atoms with Crippen molar-refractivity contribution in [3.05, 3.63) is 34.5 Å². The van der Waals surface area contributed by atoms with Gasteiger partial charge in [-0.2, -0.15) is 0 Å². The van der Waals surface area contributed by atoms with Crippen molar-refractivity contribution in [2.24, 2.45) is 7.05 Å². The van der Waals surface area contributed by atoms with E-state index in [2.05, 4.69) is 20.2 Å². The van der Waals surface area contributed by atoms with Gasteiger partial charge in [0.05, 0.1) is 11.0 Å². The minimum Gasteiger partial charge on any atom is -0.399 e. The van der Waals surface area contributed by atoms with Gasteiger partial charge >= 0.3 is 5.69 Å². The zero-order valence-corrected chi connectivity index (χ0v) is 11.7. The lowest BCUT2D eigenvalue weighted by Crippen LogP contribution is -2.13. The maximum atomic E-state index is 11.2. The molecule has 0 amide bonds. The second-order valence-electron chi connectivity index (χ2n) is 4.43. The molecule has 0 saturated carbocycles. The highest BCUT2D eigenvalue weighted by molar-refractivity contribution is 7.99. The number of nitrogens with two attached hydrogens (primary N) is 1. The average Bonchev–Trinajstić information content (AvgIpc) is 2.96. The van der Waals surface area contributed by atoms with Gasteiger partial charge < -0.3 is 10.7 Å². The largest absolute Gasteiger partial charge is 0.399 e. The van der Waals surface area contributed by atoms with Crippen molar-refractivity contribution in [3.8, 4) is 0 Å². The minimum absolute atomic E-state index is 0.202. The van der Waals surface area contributed by atoms with Crippen LogP contribution in [-0.2, 0) is 13.5 Å². The molecule has 7 nitrogen and oxygen atoms in total. The number of rotatable bonds is 4. The number of anilines is 1. The van der Waals surface area contributed by atoms with E-state index >= 15 is 0 Å². The first-order valence-electron chi connectivity index (χ1n) is 6.12. The minimum atomic E-state index is -0.202. The predicted octanol–water partition coefficient (Wildman–Crippen LogP) is 0.902. The highest BCUT2D eigenvalue weighted by Crippen LogP contribution is 2.17. The number of aromatic amines is 2. The van der Waals surface area contributed by atoms with Crippen LogP contribution in [0.3, 0.4) is 0 Å². The molecule has 1 aromatic carbocycles. The Morgan fingerprint density at radius 2 is 2.30 bits per heavy atom. The Morgan fingerprint density at radius 1 is 1.45 bits per heavy atom. The van der Waals surface area contributed by atoms with Crippen molar-refractivity contribution in [1.82, 2.24) is 24.7 Å². The van der Waals surface area contributed by atoms with Gasteiger partial charge in [0.15, 0.2) is 5.16 Å². The van der Waals surface area contributed by atoms with E-state index in [1.807, 2.05) is 18.2 Å². The summed E-state index contributed by atoms with van der Waals surface area (Å²) in [5, 5.41) is 7.03. The first-order valence-corrected chi connectivity index (χ1v) is 7.10. The Hall–Kier alpha value is -2.22. The fourth-order valence-corrected chi connectivity index (χ4v) is 2.76. The van der Waals surface area contributed by atoms with Gasteiger partial charge in [0.25, 0.3) is 0 Å². The lowest BCUT2D eigenvalue weighted by atomic mass is 10.3. The number of fused-ring (bicyclic) bond motifs is 1. The van der Waals surface area contributed by atoms with Gasteiger partial charge in [-0.25, -0.2) is 14.9 Å². The van der Waals surface area contributed by atoms with Crippen molar-refractivity contribution < 1.29 is 0 Å². The molecule has 0 spiro atoms. The van der Waals surface area contributed by atoms with E-state index in [1.54, 1.807) is 7.05 Å². The molecule has 0 aliphatic carbocycles. The molecule has 0 aliphatic heterocycles. The summed E-state index contributed by atoms with van der Waals surface area (Å²) in [7, 11) is 1.69. The smallest absolute Gasteiger partial charge is 0.343 e. The van der Waals surface area contributed by atoms with E-state index < -0.39 is 0 Å². The normalized spacial score (nSPS) is 11.2. The standard InChI is InChI=1S/C12H14N6OS/c1-18-11(19)16-17-12(18)20-5-4-10-14-8-3-2-7(13)6-9(8)15-10/h2-3,6H,4-5,13H2,1H3,(H,14,15)(H,16,19). The summed E-state index contributed by atoms with van der Waals surface area (Å²) >= 11 is 1.51. The summed E-state index contributed by atoms with van der Waals surface area (Å²) in [4.78, 5) is 19.0. The van der Waals surface area contributed by atoms with Gasteiger partial charge in [0.1, 0.15) is 5.82 Å². The molecule has 0 bridgehead atoms. The molecule has 3 aromatic rings. The number of nitrogen functional groups attached to an aromatic ring is 1. The molecule has 0 unspecified atom stereocenters. The van der Waals surface area contributed by atoms with Gasteiger partial charge in [0.2, 0.25) is 0 Å². The number of hydrogen-bond acceptors (Lipinski definition) is 5. The fraction of sp³-hybridized carbons (Fsp3) is 0.250. The molecule has 4 N–H and O–H groups in total. The van der Waals surface area contributed by atoms with Gasteiger partial charge in [-0.15, -0.1) is 5.10 Å². The van der Waals surface area contributed by atoms with E-state index in [4.69, 9.17) is 5.73 Å². The predicted molar refractivity (Wildman–Crippen MR) is 78.8 cm³/mol. The molecule has 0 aliphatic rings. The van der Waals surface area contributed by atoms with Crippen LogP contribution in [-0.4, -0.2) is 30.5 Å². The number of H-pyrrole nitrogens is 2. The molecular weight excluding hydrogens is 276 g/mol. The average molecular weight is 290 g/mol. The molecule has 0 atom stereocenters. The molecule has 20 heavy (non-hydrogen) atoms. The maximum absolute atomic E-state index is 11.2. The van der Waals surface area contributed by atoms with Crippen LogP contribution in [0.15, 0.2) is 28.2 Å². The summed E-state index contributed by atoms with van der Waals surface area (Å²) in [6, 6.07) is 5.60. The zero-order chi connectivity index (χ0) is 14.1. The van der Waals surface area contributed by atoms with Gasteiger partial charge in [0, 0.05) is 24.9 Å². The molecular formula is C12H14N6OS. The van der Waals surface area contributed by atoms with Crippen LogP contribution in [0.25, 0.3) is 11.0 Å². The van der Waals surface area contributed by atoms with E-state index in [1.165, 1.54) is 16.3 Å². The van der Waals surface area contributed by atoms with Crippen LogP contribution < -0.4 is 11.4 Å². The van der Waals surface area contributed by atoms with E-state index in [0.29, 0.717) is 10.8 Å². The topological polar surface area (TPSA) is 105 Å². The maximum Gasteiger partial charge on any atom is 0.343 e. The summed E-state index contributed by atoms with van der Waals surface area (Å²) in [6.07, 6.45) is 0.764. The number of thioether (sulfide) groups is 1. The van der Waals surface area contributed by atoms with E-state index in [-0.39, 0.29) is 5.69 Å². The second-order valence-corrected chi connectivity index (χ2v) is 5.49. The second kappa shape index (κ2) is 5.04. The van der Waals surface area contributed by atoms with Crippen LogP contribution in [0.4, 0.5) is 5.69 Å². The van der Waals surface area contributed by atoms with Crippen molar-refractivity contribution in [2.45, 2.75) is 11.6 Å². The quantitative estimate of drug-likeness (QED) is 0.489. The van der Waals surface area contributed by atoms with Gasteiger partial charge in [-0.3, -0.25) is 4.57 Å². The summed E-state index contributed by atoms with van der Waals surface area (Å²) in [5.41, 5.74) is 8.10. The van der Waals surface area contributed by atoms with E-state index in [9.17, 15) is 4.79 Å². The van der Waals surface area contributed by atoms with Crippen LogP contribution in [0.2, 0.25) is 0 Å².